The second-order valence-electron chi connectivity index (χ2n) is 7.51. The Morgan fingerprint density at radius 2 is 1.54 bits per heavy atom. The van der Waals surface area contributed by atoms with Crippen molar-refractivity contribution < 1.29 is 14.5 Å². The highest BCUT2D eigenvalue weighted by Crippen LogP contribution is 2.12. The van der Waals surface area contributed by atoms with Crippen LogP contribution in [0.25, 0.3) is 0 Å². The van der Waals surface area contributed by atoms with Gasteiger partial charge in [0.05, 0.1) is 13.1 Å². The number of imidazole rings is 1. The van der Waals surface area contributed by atoms with Gasteiger partial charge < -0.3 is 9.90 Å². The summed E-state index contributed by atoms with van der Waals surface area (Å²) in [6.45, 7) is 6.28. The largest absolute Gasteiger partial charge is 0.550 e. The van der Waals surface area contributed by atoms with Crippen LogP contribution in [0.15, 0.2) is 12.4 Å². The van der Waals surface area contributed by atoms with E-state index in [2.05, 4.69) is 35.4 Å². The normalized spacial score (nSPS) is 11.2. The maximum Gasteiger partial charge on any atom is 0.256 e. The van der Waals surface area contributed by atoms with E-state index in [1.165, 1.54) is 70.0 Å². The lowest BCUT2D eigenvalue weighted by Crippen LogP contribution is -2.37. The monoisotopic (exact) mass is 364 g/mol. The lowest BCUT2D eigenvalue weighted by Gasteiger charge is -2.06. The zero-order valence-electron chi connectivity index (χ0n) is 17.2. The smallest absolute Gasteiger partial charge is 0.256 e. The van der Waals surface area contributed by atoms with E-state index in [4.69, 9.17) is 0 Å². The fourth-order valence-electron chi connectivity index (χ4n) is 3.60. The Morgan fingerprint density at radius 1 is 0.923 bits per heavy atom. The molecule has 0 aliphatic rings. The lowest BCUT2D eigenvalue weighted by molar-refractivity contribution is -0.703. The Morgan fingerprint density at radius 3 is 2.12 bits per heavy atom. The van der Waals surface area contributed by atoms with E-state index < -0.39 is 5.97 Å². The molecular formula is C22H40N2O2. The van der Waals surface area contributed by atoms with Crippen molar-refractivity contribution in [1.29, 1.82) is 0 Å². The molecule has 0 saturated heterocycles. The number of aryl methyl sites for hydroxylation is 2. The topological polar surface area (TPSA) is 48.9 Å². The molecule has 0 N–H and O–H groups in total. The first-order valence-electron chi connectivity index (χ1n) is 11.0. The molecule has 0 bridgehead atoms. The number of aliphatic carboxylic acids is 1. The van der Waals surface area contributed by atoms with Crippen LogP contribution >= 0.6 is 0 Å². The van der Waals surface area contributed by atoms with Crippen LogP contribution in [0.1, 0.15) is 103 Å². The minimum absolute atomic E-state index is 0.143. The molecule has 4 heteroatoms. The van der Waals surface area contributed by atoms with Crippen LogP contribution in [-0.4, -0.2) is 10.5 Å². The number of rotatable bonds is 17. The van der Waals surface area contributed by atoms with Crippen molar-refractivity contribution in [1.82, 2.24) is 4.57 Å². The second-order valence-corrected chi connectivity index (χ2v) is 7.51. The van der Waals surface area contributed by atoms with Gasteiger partial charge in [-0.15, -0.1) is 0 Å². The molecule has 0 aliphatic heterocycles. The Balaban J connectivity index is 2.26. The molecule has 0 unspecified atom stereocenters. The van der Waals surface area contributed by atoms with Gasteiger partial charge in [0.25, 0.3) is 5.82 Å². The maximum absolute atomic E-state index is 10.6. The molecule has 0 spiro atoms. The van der Waals surface area contributed by atoms with Gasteiger partial charge in [-0.25, -0.2) is 9.13 Å². The van der Waals surface area contributed by atoms with Gasteiger partial charge in [-0.2, -0.15) is 0 Å². The van der Waals surface area contributed by atoms with Gasteiger partial charge in [0, 0.05) is 12.4 Å². The molecule has 150 valence electrons. The minimum atomic E-state index is -0.949. The average Bonchev–Trinajstić information content (AvgIpc) is 2.98. The van der Waals surface area contributed by atoms with E-state index in [1.54, 1.807) is 0 Å². The van der Waals surface area contributed by atoms with Crippen molar-refractivity contribution >= 4 is 5.97 Å². The van der Waals surface area contributed by atoms with Crippen molar-refractivity contribution in [3.05, 3.63) is 18.2 Å². The summed E-state index contributed by atoms with van der Waals surface area (Å²) in [7, 11) is 0. The minimum Gasteiger partial charge on any atom is -0.550 e. The predicted molar refractivity (Wildman–Crippen MR) is 105 cm³/mol. The third kappa shape index (κ3) is 9.98. The van der Waals surface area contributed by atoms with Gasteiger partial charge in [-0.05, 0) is 25.7 Å². The number of aromatic nitrogens is 2. The maximum atomic E-state index is 10.6. The molecule has 1 aromatic rings. The molecule has 0 aliphatic carbocycles. The van der Waals surface area contributed by atoms with Crippen molar-refractivity contribution in [2.45, 2.75) is 117 Å². The lowest BCUT2D eigenvalue weighted by atomic mass is 10.1. The molecule has 0 fully saturated rings. The van der Waals surface area contributed by atoms with Crippen LogP contribution < -0.4 is 9.67 Å². The summed E-state index contributed by atoms with van der Waals surface area (Å²) < 4.78 is 4.58. The first kappa shape index (κ1) is 22.7. The quantitative estimate of drug-likeness (QED) is 0.307. The summed E-state index contributed by atoms with van der Waals surface area (Å²) in [5, 5.41) is 10.6. The third-order valence-electron chi connectivity index (χ3n) is 5.09. The van der Waals surface area contributed by atoms with Crippen LogP contribution in [0.5, 0.6) is 0 Å². The number of carboxylic acid groups (broad SMARTS) is 1. The molecule has 1 heterocycles. The number of carboxylic acids is 1. The summed E-state index contributed by atoms with van der Waals surface area (Å²) in [5.41, 5.74) is 0. The number of hydrogen-bond acceptors (Lipinski definition) is 2. The van der Waals surface area contributed by atoms with Gasteiger partial charge in [-0.3, -0.25) is 0 Å². The van der Waals surface area contributed by atoms with E-state index in [-0.39, 0.29) is 6.42 Å². The molecule has 0 saturated carbocycles. The summed E-state index contributed by atoms with van der Waals surface area (Å²) in [6, 6.07) is 0. The van der Waals surface area contributed by atoms with Crippen molar-refractivity contribution in [3.63, 3.8) is 0 Å². The molecule has 1 aromatic heterocycles. The molecule has 0 amide bonds. The van der Waals surface area contributed by atoms with Crippen molar-refractivity contribution in [2.24, 2.45) is 0 Å². The number of unbranched alkanes of at least 4 members (excludes halogenated alkanes) is 9. The zero-order valence-corrected chi connectivity index (χ0v) is 17.2. The fourth-order valence-corrected chi connectivity index (χ4v) is 3.60. The standard InChI is InChI=1S/C22H40N2O2/c1-3-5-6-7-8-9-10-11-12-13-15-21-23(17-4-2)19-20-24(21)18-14-16-22(25)26/h19-20H,3-18H2,1-2H3. The summed E-state index contributed by atoms with van der Waals surface area (Å²) >= 11 is 0. The molecule has 4 nitrogen and oxygen atoms in total. The highest BCUT2D eigenvalue weighted by molar-refractivity contribution is 5.64. The van der Waals surface area contributed by atoms with E-state index in [0.717, 1.165) is 25.9 Å². The predicted octanol–water partition coefficient (Wildman–Crippen LogP) is 4.18. The van der Waals surface area contributed by atoms with Gasteiger partial charge in [-0.1, -0.05) is 71.6 Å². The van der Waals surface area contributed by atoms with Crippen LogP contribution in [0, 0.1) is 0 Å². The van der Waals surface area contributed by atoms with Gasteiger partial charge in [0.2, 0.25) is 0 Å². The van der Waals surface area contributed by atoms with Crippen LogP contribution in [0.2, 0.25) is 0 Å². The number of nitrogens with zero attached hydrogens (tertiary/aromatic N) is 2. The highest BCUT2D eigenvalue weighted by atomic mass is 16.4. The van der Waals surface area contributed by atoms with Crippen LogP contribution in [0.4, 0.5) is 0 Å². The molecule has 26 heavy (non-hydrogen) atoms. The molecule has 0 atom stereocenters. The number of carbonyl (C=O) groups excluding carboxylic acids is 1. The average molecular weight is 365 g/mol. The van der Waals surface area contributed by atoms with Gasteiger partial charge >= 0.3 is 0 Å². The van der Waals surface area contributed by atoms with Crippen LogP contribution in [-0.2, 0) is 24.3 Å². The SMILES string of the molecule is CCCCCCCCCCCCc1n(CCCC(=O)[O-])cc[n+]1CCC. The Kier molecular flexibility index (Phi) is 12.9. The molecular weight excluding hydrogens is 324 g/mol. The fraction of sp³-hybridized carbons (Fsp3) is 0.818. The Hall–Kier alpha value is -1.32. The van der Waals surface area contributed by atoms with Crippen molar-refractivity contribution in [2.75, 3.05) is 0 Å². The summed E-state index contributed by atoms with van der Waals surface area (Å²) in [5.74, 6) is 0.402. The highest BCUT2D eigenvalue weighted by Gasteiger charge is 2.15. The zero-order chi connectivity index (χ0) is 19.0. The number of carbonyl (C=O) groups is 1. The van der Waals surface area contributed by atoms with E-state index in [0.29, 0.717) is 6.42 Å². The van der Waals surface area contributed by atoms with Crippen molar-refractivity contribution in [3.8, 4) is 0 Å². The summed E-state index contributed by atoms with van der Waals surface area (Å²) in [6.07, 6.45) is 20.8. The first-order chi connectivity index (χ1) is 12.7. The van der Waals surface area contributed by atoms with E-state index >= 15 is 0 Å². The Bertz CT molecular complexity index is 482. The third-order valence-corrected chi connectivity index (χ3v) is 5.09. The molecule has 1 rings (SSSR count). The summed E-state index contributed by atoms with van der Waals surface area (Å²) in [4.78, 5) is 10.6. The molecule has 0 radical (unpaired) electrons. The number of hydrogen-bond donors (Lipinski definition) is 0. The molecule has 0 aromatic carbocycles. The second kappa shape index (κ2) is 14.8. The van der Waals surface area contributed by atoms with E-state index in [1.807, 2.05) is 0 Å². The van der Waals surface area contributed by atoms with E-state index in [9.17, 15) is 9.90 Å². The Labute approximate surface area is 160 Å². The van der Waals surface area contributed by atoms with Gasteiger partial charge in [0.15, 0.2) is 0 Å². The van der Waals surface area contributed by atoms with Gasteiger partial charge in [0.1, 0.15) is 12.4 Å². The van der Waals surface area contributed by atoms with Crippen LogP contribution in [0.3, 0.4) is 0 Å². The first-order valence-corrected chi connectivity index (χ1v) is 11.0.